The number of piperazine rings is 1. The van der Waals surface area contributed by atoms with E-state index in [4.69, 9.17) is 4.74 Å². The molecule has 0 spiro atoms. The lowest BCUT2D eigenvalue weighted by molar-refractivity contribution is -0.131. The zero-order chi connectivity index (χ0) is 16.1. The molecule has 4 nitrogen and oxygen atoms in total. The highest BCUT2D eigenvalue weighted by molar-refractivity contribution is 5.76. The topological polar surface area (TPSA) is 32.8 Å². The minimum atomic E-state index is 0.344. The Hall–Kier alpha value is -1.71. The number of hydrogen-bond acceptors (Lipinski definition) is 3. The number of ether oxygens (including phenoxy) is 1. The molecule has 0 radical (unpaired) electrons. The van der Waals surface area contributed by atoms with E-state index >= 15 is 0 Å². The van der Waals surface area contributed by atoms with E-state index in [2.05, 4.69) is 11.0 Å². The molecule has 1 aromatic carbocycles. The van der Waals surface area contributed by atoms with Crippen molar-refractivity contribution in [1.82, 2.24) is 4.90 Å². The molecule has 1 heterocycles. The van der Waals surface area contributed by atoms with Crippen LogP contribution in [0.3, 0.4) is 0 Å². The molecule has 1 aliphatic heterocycles. The first-order valence-corrected chi connectivity index (χ1v) is 8.93. The van der Waals surface area contributed by atoms with Crippen molar-refractivity contribution in [2.45, 2.75) is 38.5 Å². The molecule has 1 saturated heterocycles. The fourth-order valence-electron chi connectivity index (χ4n) is 3.87. The molecule has 0 bridgehead atoms. The highest BCUT2D eigenvalue weighted by Crippen LogP contribution is 2.30. The number of methoxy groups -OCH3 is 1. The number of carbonyl (C=O) groups excluding carboxylic acids is 1. The summed E-state index contributed by atoms with van der Waals surface area (Å²) < 4.78 is 5.45. The van der Waals surface area contributed by atoms with Gasteiger partial charge in [-0.1, -0.05) is 37.8 Å². The van der Waals surface area contributed by atoms with Crippen LogP contribution in [-0.2, 0) is 4.79 Å². The van der Waals surface area contributed by atoms with Gasteiger partial charge in [0.25, 0.3) is 0 Å². The maximum Gasteiger partial charge on any atom is 0.222 e. The Bertz CT molecular complexity index is 518. The molecule has 4 heteroatoms. The van der Waals surface area contributed by atoms with E-state index in [1.54, 1.807) is 7.11 Å². The Balaban J connectivity index is 1.48. The maximum atomic E-state index is 12.4. The molecule has 3 rings (SSSR count). The molecule has 0 N–H and O–H groups in total. The van der Waals surface area contributed by atoms with Crippen LogP contribution in [0.5, 0.6) is 5.75 Å². The third-order valence-corrected chi connectivity index (χ3v) is 5.30. The van der Waals surface area contributed by atoms with E-state index in [0.29, 0.717) is 5.91 Å². The standard InChI is InChI=1S/C19H28N2O2/c1-23-18-9-5-4-8-17(18)20-12-14-21(15-13-20)19(22)11-10-16-6-2-3-7-16/h4-5,8-9,16H,2-3,6-7,10-15H2,1H3. The van der Waals surface area contributed by atoms with Gasteiger partial charge in [0.1, 0.15) is 5.75 Å². The van der Waals surface area contributed by atoms with Crippen molar-refractivity contribution in [3.05, 3.63) is 24.3 Å². The summed E-state index contributed by atoms with van der Waals surface area (Å²) in [5, 5.41) is 0. The summed E-state index contributed by atoms with van der Waals surface area (Å²) in [4.78, 5) is 16.8. The van der Waals surface area contributed by atoms with E-state index in [-0.39, 0.29) is 0 Å². The summed E-state index contributed by atoms with van der Waals surface area (Å²) in [6.07, 6.45) is 7.20. The number of amides is 1. The highest BCUT2D eigenvalue weighted by atomic mass is 16.5. The number of hydrogen-bond donors (Lipinski definition) is 0. The number of anilines is 1. The minimum Gasteiger partial charge on any atom is -0.495 e. The van der Waals surface area contributed by atoms with E-state index in [1.807, 2.05) is 23.1 Å². The first-order chi connectivity index (χ1) is 11.3. The van der Waals surface area contributed by atoms with Gasteiger partial charge in [0.2, 0.25) is 5.91 Å². The lowest BCUT2D eigenvalue weighted by atomic mass is 10.0. The van der Waals surface area contributed by atoms with Crippen LogP contribution in [-0.4, -0.2) is 44.1 Å². The van der Waals surface area contributed by atoms with E-state index in [0.717, 1.165) is 56.4 Å². The van der Waals surface area contributed by atoms with Crippen LogP contribution in [0.25, 0.3) is 0 Å². The predicted octanol–water partition coefficient (Wildman–Crippen LogP) is 3.31. The molecule has 0 unspecified atom stereocenters. The summed E-state index contributed by atoms with van der Waals surface area (Å²) in [6, 6.07) is 8.12. The monoisotopic (exact) mass is 316 g/mol. The minimum absolute atomic E-state index is 0.344. The Kier molecular flexibility index (Phi) is 5.42. The van der Waals surface area contributed by atoms with Crippen molar-refractivity contribution >= 4 is 11.6 Å². The lowest BCUT2D eigenvalue weighted by Gasteiger charge is -2.36. The molecule has 23 heavy (non-hydrogen) atoms. The zero-order valence-corrected chi connectivity index (χ0v) is 14.2. The Morgan fingerprint density at radius 1 is 1.13 bits per heavy atom. The number of nitrogens with zero attached hydrogens (tertiary/aromatic N) is 2. The number of rotatable bonds is 5. The number of benzene rings is 1. The van der Waals surface area contributed by atoms with Crippen LogP contribution in [0.1, 0.15) is 38.5 Å². The van der Waals surface area contributed by atoms with E-state index in [9.17, 15) is 4.79 Å². The maximum absolute atomic E-state index is 12.4. The molecule has 2 aliphatic rings. The number of carbonyl (C=O) groups is 1. The summed E-state index contributed by atoms with van der Waals surface area (Å²) in [6.45, 7) is 3.41. The zero-order valence-electron chi connectivity index (χ0n) is 14.2. The van der Waals surface area contributed by atoms with E-state index < -0.39 is 0 Å². The Morgan fingerprint density at radius 3 is 2.52 bits per heavy atom. The summed E-state index contributed by atoms with van der Waals surface area (Å²) >= 11 is 0. The van der Waals surface area contributed by atoms with Gasteiger partial charge in [0.15, 0.2) is 0 Å². The van der Waals surface area contributed by atoms with Gasteiger partial charge < -0.3 is 14.5 Å². The lowest BCUT2D eigenvalue weighted by Crippen LogP contribution is -2.48. The fourth-order valence-corrected chi connectivity index (χ4v) is 3.87. The SMILES string of the molecule is COc1ccccc1N1CCN(C(=O)CCC2CCCC2)CC1. The van der Waals surface area contributed by atoms with Gasteiger partial charge in [-0.25, -0.2) is 0 Å². The van der Waals surface area contributed by atoms with Crippen LogP contribution >= 0.6 is 0 Å². The Morgan fingerprint density at radius 2 is 1.83 bits per heavy atom. The summed E-state index contributed by atoms with van der Waals surface area (Å²) in [7, 11) is 1.71. The molecular formula is C19H28N2O2. The smallest absolute Gasteiger partial charge is 0.222 e. The average Bonchev–Trinajstić information content (AvgIpc) is 3.13. The predicted molar refractivity (Wildman–Crippen MR) is 93.0 cm³/mol. The third-order valence-electron chi connectivity index (χ3n) is 5.30. The molecule has 0 atom stereocenters. The van der Waals surface area contributed by atoms with Crippen molar-refractivity contribution in [2.24, 2.45) is 5.92 Å². The summed E-state index contributed by atoms with van der Waals surface area (Å²) in [5.74, 6) is 2.05. The molecule has 2 fully saturated rings. The van der Waals surface area contributed by atoms with Crippen molar-refractivity contribution in [1.29, 1.82) is 0 Å². The van der Waals surface area contributed by atoms with Crippen LogP contribution < -0.4 is 9.64 Å². The van der Waals surface area contributed by atoms with E-state index in [1.165, 1.54) is 25.7 Å². The first kappa shape index (κ1) is 16.2. The van der Waals surface area contributed by atoms with Crippen molar-refractivity contribution < 1.29 is 9.53 Å². The Labute approximate surface area is 139 Å². The quantitative estimate of drug-likeness (QED) is 0.835. The first-order valence-electron chi connectivity index (χ1n) is 8.93. The molecule has 1 saturated carbocycles. The fraction of sp³-hybridized carbons (Fsp3) is 0.632. The van der Waals surface area contributed by atoms with Gasteiger partial charge >= 0.3 is 0 Å². The van der Waals surface area contributed by atoms with Gasteiger partial charge in [-0.05, 0) is 24.5 Å². The van der Waals surface area contributed by atoms with Crippen LogP contribution in [0, 0.1) is 5.92 Å². The second-order valence-corrected chi connectivity index (χ2v) is 6.73. The molecule has 1 aromatic rings. The van der Waals surface area contributed by atoms with Crippen LogP contribution in [0.15, 0.2) is 24.3 Å². The van der Waals surface area contributed by atoms with Gasteiger partial charge in [-0.15, -0.1) is 0 Å². The summed E-state index contributed by atoms with van der Waals surface area (Å²) in [5.41, 5.74) is 1.13. The average molecular weight is 316 g/mol. The normalized spacial score (nSPS) is 19.2. The highest BCUT2D eigenvalue weighted by Gasteiger charge is 2.24. The molecular weight excluding hydrogens is 288 g/mol. The number of para-hydroxylation sites is 2. The third kappa shape index (κ3) is 3.98. The van der Waals surface area contributed by atoms with Crippen molar-refractivity contribution in [3.63, 3.8) is 0 Å². The molecule has 126 valence electrons. The molecule has 1 amide bonds. The van der Waals surface area contributed by atoms with Gasteiger partial charge in [0.05, 0.1) is 12.8 Å². The van der Waals surface area contributed by atoms with Gasteiger partial charge in [-0.2, -0.15) is 0 Å². The second kappa shape index (κ2) is 7.71. The van der Waals surface area contributed by atoms with Gasteiger partial charge in [-0.3, -0.25) is 4.79 Å². The molecule has 1 aliphatic carbocycles. The largest absolute Gasteiger partial charge is 0.495 e. The van der Waals surface area contributed by atoms with Gasteiger partial charge in [0, 0.05) is 32.6 Å². The molecule has 0 aromatic heterocycles. The van der Waals surface area contributed by atoms with Crippen LogP contribution in [0.2, 0.25) is 0 Å². The second-order valence-electron chi connectivity index (χ2n) is 6.73. The van der Waals surface area contributed by atoms with Crippen LogP contribution in [0.4, 0.5) is 5.69 Å². The van der Waals surface area contributed by atoms with Crippen molar-refractivity contribution in [3.8, 4) is 5.75 Å². The van der Waals surface area contributed by atoms with Crippen molar-refractivity contribution in [2.75, 3.05) is 38.2 Å².